The minimum atomic E-state index is -1.56. The smallest absolute Gasteiger partial charge is 0.423 e. The highest BCUT2D eigenvalue weighted by Crippen LogP contribution is 2.41. The largest absolute Gasteiger partial charge is 0.488 e. The van der Waals surface area contributed by atoms with Crippen LogP contribution in [0.4, 0.5) is 0 Å². The Morgan fingerprint density at radius 3 is 1.58 bits per heavy atom. The quantitative estimate of drug-likeness (QED) is 0.349. The second-order valence-corrected chi connectivity index (χ2v) is 7.43. The van der Waals surface area contributed by atoms with Crippen LogP contribution in [0.2, 0.25) is 0 Å². The number of rotatable bonds is 5. The summed E-state index contributed by atoms with van der Waals surface area (Å²) in [6.07, 6.45) is 0. The monoisotopic (exact) mass is 405 g/mol. The van der Waals surface area contributed by atoms with Crippen LogP contribution in [0, 0.1) is 0 Å². The zero-order valence-electron chi connectivity index (χ0n) is 16.7. The number of benzene rings is 4. The highest BCUT2D eigenvalue weighted by Gasteiger charge is 2.40. The van der Waals surface area contributed by atoms with E-state index in [9.17, 15) is 10.0 Å². The van der Waals surface area contributed by atoms with Gasteiger partial charge in [-0.3, -0.25) is 0 Å². The van der Waals surface area contributed by atoms with Crippen LogP contribution in [0.15, 0.2) is 109 Å². The Morgan fingerprint density at radius 1 is 0.645 bits per heavy atom. The summed E-state index contributed by atoms with van der Waals surface area (Å²) < 4.78 is 1.93. The number of nitrogens with zero attached hydrogens (tertiary/aromatic N) is 3. The van der Waals surface area contributed by atoms with E-state index in [1.807, 2.05) is 65.3 Å². The van der Waals surface area contributed by atoms with Gasteiger partial charge in [0.15, 0.2) is 0 Å². The Labute approximate surface area is 180 Å². The lowest BCUT2D eigenvalue weighted by atomic mass is 9.76. The van der Waals surface area contributed by atoms with Crippen molar-refractivity contribution < 1.29 is 10.0 Å². The van der Waals surface area contributed by atoms with Gasteiger partial charge >= 0.3 is 7.12 Å². The fourth-order valence-electron chi connectivity index (χ4n) is 4.25. The zero-order chi connectivity index (χ0) is 21.3. The summed E-state index contributed by atoms with van der Waals surface area (Å²) in [5, 5.41) is 28.2. The first-order chi connectivity index (χ1) is 15.2. The van der Waals surface area contributed by atoms with Gasteiger partial charge in [-0.05, 0) is 34.3 Å². The molecule has 0 saturated carbocycles. The Hall–Kier alpha value is -3.74. The third-order valence-corrected chi connectivity index (χ3v) is 5.66. The van der Waals surface area contributed by atoms with Gasteiger partial charge in [0, 0.05) is 0 Å². The zero-order valence-corrected chi connectivity index (χ0v) is 16.7. The second kappa shape index (κ2) is 7.83. The van der Waals surface area contributed by atoms with Crippen molar-refractivity contribution in [2.45, 2.75) is 5.54 Å². The Balaban J connectivity index is 1.90. The van der Waals surface area contributed by atoms with Gasteiger partial charge in [0.2, 0.25) is 0 Å². The molecule has 0 bridgehead atoms. The first kappa shape index (κ1) is 19.2. The molecule has 0 radical (unpaired) electrons. The molecule has 4 aromatic carbocycles. The number of aromatic nitrogens is 3. The topological polar surface area (TPSA) is 71.2 Å². The molecule has 0 fully saturated rings. The SMILES string of the molecule is OB(O)c1ccc2c(c1)nnn2C(c1ccccc1)(c1ccccc1)c1ccccc1. The number of fused-ring (bicyclic) bond motifs is 1. The highest BCUT2D eigenvalue weighted by molar-refractivity contribution is 6.58. The van der Waals surface area contributed by atoms with E-state index >= 15 is 0 Å². The summed E-state index contributed by atoms with van der Waals surface area (Å²) in [5.41, 5.74) is 4.14. The van der Waals surface area contributed by atoms with Gasteiger partial charge in [-0.2, -0.15) is 0 Å². The molecule has 0 aliphatic rings. The third-order valence-electron chi connectivity index (χ3n) is 5.66. The standard InChI is InChI=1S/C25H20BN3O2/c30-26(31)22-16-17-24-23(18-22)27-28-29(24)25(19-10-4-1-5-11-19,20-12-6-2-7-13-20)21-14-8-3-9-15-21/h1-18,30-31H. The molecule has 0 unspecified atom stereocenters. The van der Waals surface area contributed by atoms with Crippen molar-refractivity contribution in [2.75, 3.05) is 0 Å². The second-order valence-electron chi connectivity index (χ2n) is 7.43. The van der Waals surface area contributed by atoms with Crippen LogP contribution in [0.25, 0.3) is 11.0 Å². The first-order valence-corrected chi connectivity index (χ1v) is 10.1. The fourth-order valence-corrected chi connectivity index (χ4v) is 4.25. The molecule has 6 heteroatoms. The molecule has 0 atom stereocenters. The maximum Gasteiger partial charge on any atom is 0.488 e. The van der Waals surface area contributed by atoms with Crippen molar-refractivity contribution in [1.82, 2.24) is 15.0 Å². The average molecular weight is 405 g/mol. The normalized spacial score (nSPS) is 11.5. The molecule has 5 nitrogen and oxygen atoms in total. The molecule has 2 N–H and O–H groups in total. The number of hydrogen-bond acceptors (Lipinski definition) is 4. The molecular weight excluding hydrogens is 385 g/mol. The first-order valence-electron chi connectivity index (χ1n) is 10.1. The average Bonchev–Trinajstić information content (AvgIpc) is 3.25. The molecule has 150 valence electrons. The minimum Gasteiger partial charge on any atom is -0.423 e. The molecule has 5 rings (SSSR count). The lowest BCUT2D eigenvalue weighted by Crippen LogP contribution is -2.38. The van der Waals surface area contributed by atoms with Crippen LogP contribution < -0.4 is 5.46 Å². The Morgan fingerprint density at radius 2 is 1.13 bits per heavy atom. The molecule has 0 amide bonds. The van der Waals surface area contributed by atoms with Gasteiger partial charge in [0.25, 0.3) is 0 Å². The van der Waals surface area contributed by atoms with E-state index in [2.05, 4.69) is 46.7 Å². The predicted molar refractivity (Wildman–Crippen MR) is 122 cm³/mol. The molecule has 0 spiro atoms. The number of hydrogen-bond donors (Lipinski definition) is 2. The van der Waals surface area contributed by atoms with E-state index in [1.54, 1.807) is 12.1 Å². The van der Waals surface area contributed by atoms with E-state index in [0.29, 0.717) is 11.0 Å². The van der Waals surface area contributed by atoms with Crippen LogP contribution in [0.1, 0.15) is 16.7 Å². The summed E-state index contributed by atoms with van der Waals surface area (Å²) in [6.45, 7) is 0. The lowest BCUT2D eigenvalue weighted by molar-refractivity contribution is 0.426. The summed E-state index contributed by atoms with van der Waals surface area (Å²) in [7, 11) is -1.56. The van der Waals surface area contributed by atoms with Crippen LogP contribution in [-0.2, 0) is 5.54 Å². The molecule has 0 aliphatic heterocycles. The summed E-state index contributed by atoms with van der Waals surface area (Å²) in [4.78, 5) is 0. The van der Waals surface area contributed by atoms with E-state index in [1.165, 1.54) is 0 Å². The minimum absolute atomic E-state index is 0.379. The van der Waals surface area contributed by atoms with E-state index in [4.69, 9.17) is 0 Å². The highest BCUT2D eigenvalue weighted by atomic mass is 16.4. The predicted octanol–water partition coefficient (Wildman–Crippen LogP) is 2.95. The maximum atomic E-state index is 9.58. The van der Waals surface area contributed by atoms with Crippen LogP contribution in [-0.4, -0.2) is 32.2 Å². The molecule has 0 saturated heterocycles. The third kappa shape index (κ3) is 3.13. The van der Waals surface area contributed by atoms with E-state index in [0.717, 1.165) is 22.2 Å². The lowest BCUT2D eigenvalue weighted by Gasteiger charge is -2.36. The van der Waals surface area contributed by atoms with Gasteiger partial charge in [-0.15, -0.1) is 5.10 Å². The van der Waals surface area contributed by atoms with E-state index < -0.39 is 12.7 Å². The van der Waals surface area contributed by atoms with Crippen LogP contribution in [0.5, 0.6) is 0 Å². The fraction of sp³-hybridized carbons (Fsp3) is 0.0400. The van der Waals surface area contributed by atoms with Crippen LogP contribution >= 0.6 is 0 Å². The Kier molecular flexibility index (Phi) is 4.86. The Bertz CT molecular complexity index is 1210. The van der Waals surface area contributed by atoms with Crippen molar-refractivity contribution in [2.24, 2.45) is 0 Å². The molecule has 0 aliphatic carbocycles. The van der Waals surface area contributed by atoms with Gasteiger partial charge in [-0.25, -0.2) is 4.68 Å². The molecule has 1 aromatic heterocycles. The van der Waals surface area contributed by atoms with Gasteiger partial charge in [0.05, 0.1) is 5.52 Å². The van der Waals surface area contributed by atoms with Crippen LogP contribution in [0.3, 0.4) is 0 Å². The summed E-state index contributed by atoms with van der Waals surface area (Å²) in [6, 6.07) is 35.9. The van der Waals surface area contributed by atoms with E-state index in [-0.39, 0.29) is 0 Å². The van der Waals surface area contributed by atoms with Gasteiger partial charge in [0.1, 0.15) is 11.1 Å². The van der Waals surface area contributed by atoms with Crippen molar-refractivity contribution in [3.05, 3.63) is 126 Å². The maximum absolute atomic E-state index is 9.58. The van der Waals surface area contributed by atoms with Gasteiger partial charge in [-0.1, -0.05) is 102 Å². The van der Waals surface area contributed by atoms with Crippen molar-refractivity contribution in [1.29, 1.82) is 0 Å². The summed E-state index contributed by atoms with van der Waals surface area (Å²) in [5.74, 6) is 0. The molecule has 1 heterocycles. The van der Waals surface area contributed by atoms with Crippen molar-refractivity contribution >= 4 is 23.6 Å². The summed E-state index contributed by atoms with van der Waals surface area (Å²) >= 11 is 0. The van der Waals surface area contributed by atoms with Gasteiger partial charge < -0.3 is 10.0 Å². The molecule has 5 aromatic rings. The van der Waals surface area contributed by atoms with Crippen molar-refractivity contribution in [3.8, 4) is 0 Å². The van der Waals surface area contributed by atoms with Crippen molar-refractivity contribution in [3.63, 3.8) is 0 Å². The molecule has 31 heavy (non-hydrogen) atoms. The molecular formula is C25H20BN3O2.